The third-order valence-electron chi connectivity index (χ3n) is 3.33. The molecule has 1 heterocycles. The Balaban J connectivity index is 2.01. The lowest BCUT2D eigenvalue weighted by molar-refractivity contribution is 0.0216. The van der Waals surface area contributed by atoms with Gasteiger partial charge in [0.2, 0.25) is 0 Å². The van der Waals surface area contributed by atoms with Crippen molar-refractivity contribution in [2.45, 2.75) is 30.7 Å². The Labute approximate surface area is 126 Å². The van der Waals surface area contributed by atoms with Gasteiger partial charge in [-0.15, -0.1) is 0 Å². The van der Waals surface area contributed by atoms with E-state index in [2.05, 4.69) is 62.0 Å². The summed E-state index contributed by atoms with van der Waals surface area (Å²) in [5.74, 6) is 0. The van der Waals surface area contributed by atoms with Crippen LogP contribution in [-0.4, -0.2) is 26.3 Å². The topological polar surface area (TPSA) is 12.5 Å². The molecule has 1 aromatic carbocycles. The molecule has 0 saturated carbocycles. The number of likely N-dealkylation sites (N-methyl/N-ethyl adjacent to an activating group) is 1. The Morgan fingerprint density at radius 2 is 2.22 bits per heavy atom. The molecule has 1 unspecified atom stereocenters. The van der Waals surface area contributed by atoms with Gasteiger partial charge in [-0.1, -0.05) is 22.0 Å². The van der Waals surface area contributed by atoms with Gasteiger partial charge < -0.3 is 9.64 Å². The van der Waals surface area contributed by atoms with E-state index in [4.69, 9.17) is 4.74 Å². The number of halogens is 2. The van der Waals surface area contributed by atoms with Crippen LogP contribution in [0.15, 0.2) is 22.7 Å². The Bertz CT molecular complexity index is 391. The Morgan fingerprint density at radius 1 is 1.39 bits per heavy atom. The van der Waals surface area contributed by atoms with Crippen LogP contribution in [0.2, 0.25) is 0 Å². The van der Waals surface area contributed by atoms with E-state index < -0.39 is 0 Å². The second-order valence-electron chi connectivity index (χ2n) is 4.79. The van der Waals surface area contributed by atoms with Gasteiger partial charge in [-0.2, -0.15) is 0 Å². The van der Waals surface area contributed by atoms with E-state index in [-0.39, 0.29) is 0 Å². The first kappa shape index (κ1) is 14.4. The van der Waals surface area contributed by atoms with Crippen LogP contribution in [0.25, 0.3) is 0 Å². The number of hydrogen-bond donors (Lipinski definition) is 0. The molecule has 4 heteroatoms. The zero-order chi connectivity index (χ0) is 13.0. The molecule has 1 fully saturated rings. The summed E-state index contributed by atoms with van der Waals surface area (Å²) in [4.78, 5) is 2.28. The van der Waals surface area contributed by atoms with Crippen LogP contribution in [0.5, 0.6) is 0 Å². The fourth-order valence-corrected chi connectivity index (χ4v) is 3.38. The summed E-state index contributed by atoms with van der Waals surface area (Å²) in [7, 11) is 2.13. The van der Waals surface area contributed by atoms with Gasteiger partial charge in [-0.25, -0.2) is 0 Å². The lowest BCUT2D eigenvalue weighted by Crippen LogP contribution is -2.33. The molecule has 0 spiro atoms. The highest BCUT2D eigenvalue weighted by molar-refractivity contribution is 9.10. The van der Waals surface area contributed by atoms with Crippen molar-refractivity contribution >= 4 is 37.5 Å². The van der Waals surface area contributed by atoms with Crippen molar-refractivity contribution in [3.8, 4) is 0 Å². The average molecular weight is 377 g/mol. The molecule has 1 atom stereocenters. The highest BCUT2D eigenvalue weighted by Crippen LogP contribution is 2.28. The lowest BCUT2D eigenvalue weighted by Gasteiger charge is -2.29. The third kappa shape index (κ3) is 3.72. The zero-order valence-electron chi connectivity index (χ0n) is 10.7. The van der Waals surface area contributed by atoms with Crippen molar-refractivity contribution < 1.29 is 4.74 Å². The molecule has 0 aromatic heterocycles. The summed E-state index contributed by atoms with van der Waals surface area (Å²) < 4.78 is 6.94. The van der Waals surface area contributed by atoms with Gasteiger partial charge in [0.05, 0.1) is 11.8 Å². The minimum absolute atomic E-state index is 0.381. The first-order valence-corrected chi connectivity index (χ1v) is 8.29. The second-order valence-corrected chi connectivity index (χ2v) is 6.20. The molecule has 1 aliphatic rings. The minimum Gasteiger partial charge on any atom is -0.376 e. The van der Waals surface area contributed by atoms with E-state index in [9.17, 15) is 0 Å². The number of hydrogen-bond acceptors (Lipinski definition) is 2. The zero-order valence-corrected chi connectivity index (χ0v) is 13.8. The summed E-state index contributed by atoms with van der Waals surface area (Å²) in [6.45, 7) is 1.88. The molecule has 1 aliphatic heterocycles. The van der Waals surface area contributed by atoms with E-state index in [0.29, 0.717) is 6.10 Å². The van der Waals surface area contributed by atoms with Crippen molar-refractivity contribution in [2.75, 3.05) is 25.1 Å². The van der Waals surface area contributed by atoms with Crippen LogP contribution in [0.1, 0.15) is 24.8 Å². The van der Waals surface area contributed by atoms with Gasteiger partial charge in [0.15, 0.2) is 0 Å². The molecular weight excluding hydrogens is 358 g/mol. The van der Waals surface area contributed by atoms with Gasteiger partial charge in [-0.05, 0) is 52.9 Å². The molecule has 18 heavy (non-hydrogen) atoms. The van der Waals surface area contributed by atoms with Crippen LogP contribution >= 0.6 is 31.9 Å². The van der Waals surface area contributed by atoms with Gasteiger partial charge in [0.1, 0.15) is 0 Å². The van der Waals surface area contributed by atoms with Crippen molar-refractivity contribution in [2.24, 2.45) is 0 Å². The number of nitrogens with zero attached hydrogens (tertiary/aromatic N) is 1. The number of anilines is 1. The highest BCUT2D eigenvalue weighted by atomic mass is 79.9. The minimum atomic E-state index is 0.381. The normalized spacial score (nSPS) is 19.8. The summed E-state index contributed by atoms with van der Waals surface area (Å²) in [6, 6.07) is 6.50. The lowest BCUT2D eigenvalue weighted by atomic mass is 10.1. The fourth-order valence-electron chi connectivity index (χ4n) is 2.30. The van der Waals surface area contributed by atoms with Gasteiger partial charge >= 0.3 is 0 Å². The first-order valence-electron chi connectivity index (χ1n) is 6.38. The van der Waals surface area contributed by atoms with Crippen LogP contribution < -0.4 is 4.90 Å². The molecule has 0 bridgehead atoms. The standard InChI is InChI=1S/C14H19Br2NO/c1-17(10-12-4-2-3-7-18-12)14-6-5-11(9-15)8-13(14)16/h5-6,8,12H,2-4,7,9-10H2,1H3. The predicted octanol–water partition coefficient (Wildman–Crippen LogP) is 4.35. The fraction of sp³-hybridized carbons (Fsp3) is 0.571. The molecule has 0 amide bonds. The van der Waals surface area contributed by atoms with Gasteiger partial charge in [-0.3, -0.25) is 0 Å². The summed E-state index contributed by atoms with van der Waals surface area (Å²) in [6.07, 6.45) is 4.07. The van der Waals surface area contributed by atoms with E-state index in [0.717, 1.165) is 23.0 Å². The third-order valence-corrected chi connectivity index (χ3v) is 4.61. The number of alkyl halides is 1. The largest absolute Gasteiger partial charge is 0.376 e. The Morgan fingerprint density at radius 3 is 2.83 bits per heavy atom. The summed E-state index contributed by atoms with van der Waals surface area (Å²) >= 11 is 7.13. The molecular formula is C14H19Br2NO. The second kappa shape index (κ2) is 6.92. The van der Waals surface area contributed by atoms with E-state index in [1.54, 1.807) is 0 Å². The molecule has 0 aliphatic carbocycles. The monoisotopic (exact) mass is 375 g/mol. The summed E-state index contributed by atoms with van der Waals surface area (Å²) in [5.41, 5.74) is 2.52. The molecule has 1 saturated heterocycles. The number of rotatable bonds is 4. The highest BCUT2D eigenvalue weighted by Gasteiger charge is 2.17. The van der Waals surface area contributed by atoms with Crippen molar-refractivity contribution in [3.63, 3.8) is 0 Å². The van der Waals surface area contributed by atoms with Crippen molar-refractivity contribution in [3.05, 3.63) is 28.2 Å². The van der Waals surface area contributed by atoms with Gasteiger partial charge in [0, 0.05) is 30.0 Å². The molecule has 0 N–H and O–H groups in total. The maximum Gasteiger partial charge on any atom is 0.0749 e. The average Bonchev–Trinajstić information content (AvgIpc) is 2.39. The van der Waals surface area contributed by atoms with Crippen LogP contribution in [-0.2, 0) is 10.1 Å². The van der Waals surface area contributed by atoms with Gasteiger partial charge in [0.25, 0.3) is 0 Å². The van der Waals surface area contributed by atoms with E-state index >= 15 is 0 Å². The first-order chi connectivity index (χ1) is 8.70. The number of ether oxygens (including phenoxy) is 1. The maximum absolute atomic E-state index is 5.79. The van der Waals surface area contributed by atoms with Crippen molar-refractivity contribution in [1.29, 1.82) is 0 Å². The molecule has 2 rings (SSSR count). The molecule has 1 aromatic rings. The van der Waals surface area contributed by atoms with Crippen LogP contribution in [0.3, 0.4) is 0 Å². The molecule has 2 nitrogen and oxygen atoms in total. The van der Waals surface area contributed by atoms with Crippen LogP contribution in [0.4, 0.5) is 5.69 Å². The van der Waals surface area contributed by atoms with Crippen LogP contribution in [0, 0.1) is 0 Å². The van der Waals surface area contributed by atoms with Crippen molar-refractivity contribution in [1.82, 2.24) is 0 Å². The smallest absolute Gasteiger partial charge is 0.0749 e. The summed E-state index contributed by atoms with van der Waals surface area (Å²) in [5, 5.41) is 0.890. The van der Waals surface area contributed by atoms with E-state index in [1.165, 1.54) is 30.5 Å². The molecule has 100 valence electrons. The Kier molecular flexibility index (Phi) is 5.52. The number of benzene rings is 1. The molecule has 0 radical (unpaired) electrons. The maximum atomic E-state index is 5.79. The SMILES string of the molecule is CN(CC1CCCCO1)c1ccc(CBr)cc1Br. The Hall–Kier alpha value is -0.0600. The predicted molar refractivity (Wildman–Crippen MR) is 83.6 cm³/mol. The quantitative estimate of drug-likeness (QED) is 0.724. The van der Waals surface area contributed by atoms with E-state index in [1.807, 2.05) is 0 Å².